The number of thiophene rings is 1. The van der Waals surface area contributed by atoms with Crippen molar-refractivity contribution in [1.82, 2.24) is 4.98 Å². The van der Waals surface area contributed by atoms with Crippen molar-refractivity contribution >= 4 is 28.7 Å². The van der Waals surface area contributed by atoms with Gasteiger partial charge < -0.3 is 16.4 Å². The molecule has 1 fully saturated rings. The Kier molecular flexibility index (Phi) is 3.31. The van der Waals surface area contributed by atoms with Crippen molar-refractivity contribution in [2.24, 2.45) is 5.73 Å². The van der Waals surface area contributed by atoms with Crippen LogP contribution in [0.3, 0.4) is 0 Å². The molecule has 0 radical (unpaired) electrons. The second-order valence-electron chi connectivity index (χ2n) is 4.98. The van der Waals surface area contributed by atoms with E-state index >= 15 is 0 Å². The first kappa shape index (κ1) is 12.9. The van der Waals surface area contributed by atoms with Crippen LogP contribution in [0.1, 0.15) is 28.8 Å². The van der Waals surface area contributed by atoms with Crippen molar-refractivity contribution in [2.75, 3.05) is 10.6 Å². The number of primary amides is 1. The molecule has 1 aliphatic rings. The number of hydrogen-bond donors (Lipinski definition) is 2. The molecule has 0 saturated heterocycles. The first-order chi connectivity index (χ1) is 9.65. The van der Waals surface area contributed by atoms with E-state index in [1.165, 1.54) is 11.8 Å². The number of nitrogen functional groups attached to an aromatic ring is 1. The van der Waals surface area contributed by atoms with Crippen LogP contribution >= 0.6 is 11.3 Å². The third-order valence-electron chi connectivity index (χ3n) is 3.40. The Morgan fingerprint density at radius 2 is 2.30 bits per heavy atom. The molecule has 0 unspecified atom stereocenters. The molecule has 1 amide bonds. The summed E-state index contributed by atoms with van der Waals surface area (Å²) >= 11 is 1.68. The summed E-state index contributed by atoms with van der Waals surface area (Å²) < 4.78 is 0. The van der Waals surface area contributed by atoms with Crippen LogP contribution in [0, 0.1) is 0 Å². The molecule has 104 valence electrons. The number of amides is 1. The first-order valence-electron chi connectivity index (χ1n) is 6.48. The van der Waals surface area contributed by atoms with Crippen molar-refractivity contribution in [3.63, 3.8) is 0 Å². The van der Waals surface area contributed by atoms with Gasteiger partial charge in [0.05, 0.1) is 17.4 Å². The molecule has 2 heterocycles. The fraction of sp³-hybridized carbons (Fsp3) is 0.286. The van der Waals surface area contributed by atoms with E-state index in [1.54, 1.807) is 17.4 Å². The molecule has 0 spiro atoms. The van der Waals surface area contributed by atoms with Gasteiger partial charge in [-0.05, 0) is 41.3 Å². The van der Waals surface area contributed by atoms with Crippen molar-refractivity contribution in [3.05, 3.63) is 40.2 Å². The fourth-order valence-electron chi connectivity index (χ4n) is 2.19. The molecule has 6 heteroatoms. The largest absolute Gasteiger partial charge is 0.397 e. The summed E-state index contributed by atoms with van der Waals surface area (Å²) in [7, 11) is 0. The Morgan fingerprint density at radius 1 is 1.50 bits per heavy atom. The Bertz CT molecular complexity index is 622. The molecular weight excluding hydrogens is 272 g/mol. The molecule has 5 nitrogen and oxygen atoms in total. The molecule has 1 aliphatic carbocycles. The maximum atomic E-state index is 11.4. The zero-order valence-electron chi connectivity index (χ0n) is 11.0. The van der Waals surface area contributed by atoms with Gasteiger partial charge >= 0.3 is 0 Å². The normalized spacial score (nSPS) is 14.2. The van der Waals surface area contributed by atoms with Crippen LogP contribution in [0.15, 0.2) is 29.1 Å². The zero-order chi connectivity index (χ0) is 14.1. The third-order valence-corrected chi connectivity index (χ3v) is 4.13. The molecule has 0 aliphatic heterocycles. The van der Waals surface area contributed by atoms with Gasteiger partial charge in [-0.15, -0.1) is 0 Å². The highest BCUT2D eigenvalue weighted by molar-refractivity contribution is 7.07. The van der Waals surface area contributed by atoms with Crippen molar-refractivity contribution in [3.8, 4) is 0 Å². The Morgan fingerprint density at radius 3 is 2.90 bits per heavy atom. The lowest BCUT2D eigenvalue weighted by Gasteiger charge is -2.23. The molecule has 0 bridgehead atoms. The van der Waals surface area contributed by atoms with Crippen LogP contribution in [0.4, 0.5) is 11.5 Å². The average Bonchev–Trinajstić information content (AvgIpc) is 3.14. The maximum absolute atomic E-state index is 11.4. The van der Waals surface area contributed by atoms with E-state index in [4.69, 9.17) is 11.5 Å². The topological polar surface area (TPSA) is 85.2 Å². The Balaban J connectivity index is 1.91. The monoisotopic (exact) mass is 288 g/mol. The molecule has 0 aromatic carbocycles. The molecule has 1 saturated carbocycles. The van der Waals surface area contributed by atoms with Gasteiger partial charge in [-0.1, -0.05) is 0 Å². The highest BCUT2D eigenvalue weighted by atomic mass is 32.1. The Hall–Kier alpha value is -2.08. The summed E-state index contributed by atoms with van der Waals surface area (Å²) in [6, 6.07) is 4.29. The number of hydrogen-bond acceptors (Lipinski definition) is 5. The van der Waals surface area contributed by atoms with Gasteiger partial charge in [0.1, 0.15) is 5.82 Å². The quantitative estimate of drug-likeness (QED) is 0.881. The highest BCUT2D eigenvalue weighted by Crippen LogP contribution is 2.33. The second kappa shape index (κ2) is 5.13. The average molecular weight is 288 g/mol. The van der Waals surface area contributed by atoms with Crippen LogP contribution < -0.4 is 16.4 Å². The van der Waals surface area contributed by atoms with Gasteiger partial charge in [0.15, 0.2) is 0 Å². The summed E-state index contributed by atoms with van der Waals surface area (Å²) in [6.45, 7) is 0.795. The standard InChI is InChI=1S/C14H16N4OS/c15-12-6-17-13(5-11(12)14(16)19)18(10-1-2-10)7-9-3-4-20-8-9/h3-6,8,10H,1-2,7,15H2,(H2,16,19). The van der Waals surface area contributed by atoms with Gasteiger partial charge in [-0.2, -0.15) is 11.3 Å². The number of nitrogens with two attached hydrogens (primary N) is 2. The second-order valence-corrected chi connectivity index (χ2v) is 5.76. The molecular formula is C14H16N4OS. The SMILES string of the molecule is NC(=O)c1cc(N(Cc2ccsc2)C2CC2)ncc1N. The summed E-state index contributed by atoms with van der Waals surface area (Å²) in [5, 5.41) is 4.19. The fourth-order valence-corrected chi connectivity index (χ4v) is 2.85. The van der Waals surface area contributed by atoms with Crippen LogP contribution in [0.2, 0.25) is 0 Å². The summed E-state index contributed by atoms with van der Waals surface area (Å²) in [4.78, 5) is 18.0. The van der Waals surface area contributed by atoms with Crippen LogP contribution in [-0.4, -0.2) is 16.9 Å². The van der Waals surface area contributed by atoms with E-state index in [1.807, 2.05) is 0 Å². The molecule has 20 heavy (non-hydrogen) atoms. The summed E-state index contributed by atoms with van der Waals surface area (Å²) in [5.41, 5.74) is 13.0. The first-order valence-corrected chi connectivity index (χ1v) is 7.42. The van der Waals surface area contributed by atoms with Gasteiger partial charge in [0.25, 0.3) is 5.91 Å². The Labute approximate surface area is 121 Å². The minimum absolute atomic E-state index is 0.326. The van der Waals surface area contributed by atoms with Crippen molar-refractivity contribution < 1.29 is 4.79 Å². The minimum atomic E-state index is -0.516. The van der Waals surface area contributed by atoms with Crippen LogP contribution in [-0.2, 0) is 6.54 Å². The predicted molar refractivity (Wildman–Crippen MR) is 80.7 cm³/mol. The van der Waals surface area contributed by atoms with Crippen molar-refractivity contribution in [1.29, 1.82) is 0 Å². The lowest BCUT2D eigenvalue weighted by molar-refractivity contribution is 0.100. The van der Waals surface area contributed by atoms with E-state index in [2.05, 4.69) is 26.7 Å². The molecule has 4 N–H and O–H groups in total. The highest BCUT2D eigenvalue weighted by Gasteiger charge is 2.30. The van der Waals surface area contributed by atoms with Gasteiger partial charge in [0.2, 0.25) is 0 Å². The molecule has 0 atom stereocenters. The van der Waals surface area contributed by atoms with E-state index in [9.17, 15) is 4.79 Å². The maximum Gasteiger partial charge on any atom is 0.250 e. The molecule has 2 aromatic heterocycles. The lowest BCUT2D eigenvalue weighted by Crippen LogP contribution is -2.26. The van der Waals surface area contributed by atoms with E-state index in [0.717, 1.165) is 25.2 Å². The number of aromatic nitrogens is 1. The van der Waals surface area contributed by atoms with Crippen LogP contribution in [0.5, 0.6) is 0 Å². The third kappa shape index (κ3) is 2.60. The van der Waals surface area contributed by atoms with Gasteiger partial charge in [0, 0.05) is 12.6 Å². The van der Waals surface area contributed by atoms with Gasteiger partial charge in [-0.3, -0.25) is 4.79 Å². The lowest BCUT2D eigenvalue weighted by atomic mass is 10.2. The zero-order valence-corrected chi connectivity index (χ0v) is 11.8. The molecule has 2 aromatic rings. The number of carbonyl (C=O) groups is 1. The molecule has 3 rings (SSSR count). The number of nitrogens with zero attached hydrogens (tertiary/aromatic N) is 2. The van der Waals surface area contributed by atoms with Crippen LogP contribution in [0.25, 0.3) is 0 Å². The van der Waals surface area contributed by atoms with Gasteiger partial charge in [-0.25, -0.2) is 4.98 Å². The van der Waals surface area contributed by atoms with E-state index in [-0.39, 0.29) is 0 Å². The smallest absolute Gasteiger partial charge is 0.250 e. The summed E-state index contributed by atoms with van der Waals surface area (Å²) in [6.07, 6.45) is 3.82. The minimum Gasteiger partial charge on any atom is -0.397 e. The number of carbonyl (C=O) groups excluding carboxylic acids is 1. The number of rotatable bonds is 5. The van der Waals surface area contributed by atoms with Crippen molar-refractivity contribution in [2.45, 2.75) is 25.4 Å². The van der Waals surface area contributed by atoms with E-state index < -0.39 is 5.91 Å². The summed E-state index contributed by atoms with van der Waals surface area (Å²) in [5.74, 6) is 0.249. The van der Waals surface area contributed by atoms with E-state index in [0.29, 0.717) is 17.3 Å². The number of anilines is 2. The number of pyridine rings is 1. The predicted octanol–water partition coefficient (Wildman–Crippen LogP) is 1.99.